The van der Waals surface area contributed by atoms with Gasteiger partial charge in [-0.3, -0.25) is 4.98 Å². The largest absolute Gasteiger partial charge is 0.316 e. The predicted molar refractivity (Wildman–Crippen MR) is 87.3 cm³/mol. The van der Waals surface area contributed by atoms with E-state index in [4.69, 9.17) is 0 Å². The second kappa shape index (κ2) is 5.91. The predicted octanol–water partition coefficient (Wildman–Crippen LogP) is 1.73. The number of hydrogen-bond acceptors (Lipinski definition) is 4. The zero-order valence-electron chi connectivity index (χ0n) is 13.0. The van der Waals surface area contributed by atoms with E-state index < -0.39 is 15.8 Å². The maximum absolute atomic E-state index is 14.1. The maximum Gasteiger partial charge on any atom is 0.246 e. The SMILES string of the molecule is O=S(=O)(c1ccccc1F)N1Cc2cccnc2[C@H]2CNC[C@@H]2C1. The first-order valence-electron chi connectivity index (χ1n) is 7.96. The molecule has 0 radical (unpaired) electrons. The van der Waals surface area contributed by atoms with E-state index in [9.17, 15) is 12.8 Å². The molecule has 0 spiro atoms. The molecule has 1 saturated heterocycles. The molecule has 5 nitrogen and oxygen atoms in total. The lowest BCUT2D eigenvalue weighted by molar-refractivity contribution is 0.348. The van der Waals surface area contributed by atoms with Gasteiger partial charge < -0.3 is 5.32 Å². The number of aromatic nitrogens is 1. The van der Waals surface area contributed by atoms with Gasteiger partial charge in [0.2, 0.25) is 10.0 Å². The van der Waals surface area contributed by atoms with Crippen molar-refractivity contribution in [2.75, 3.05) is 19.6 Å². The zero-order chi connectivity index (χ0) is 16.7. The molecule has 2 aromatic rings. The fraction of sp³-hybridized carbons (Fsp3) is 0.353. The Morgan fingerprint density at radius 2 is 2.00 bits per heavy atom. The Labute approximate surface area is 140 Å². The number of rotatable bonds is 2. The van der Waals surface area contributed by atoms with Crippen molar-refractivity contribution in [1.82, 2.24) is 14.6 Å². The van der Waals surface area contributed by atoms with Crippen LogP contribution >= 0.6 is 0 Å². The number of nitrogens with one attached hydrogen (secondary N) is 1. The van der Waals surface area contributed by atoms with Gasteiger partial charge in [-0.25, -0.2) is 12.8 Å². The fourth-order valence-electron chi connectivity index (χ4n) is 3.66. The number of benzene rings is 1. The summed E-state index contributed by atoms with van der Waals surface area (Å²) in [4.78, 5) is 4.23. The van der Waals surface area contributed by atoms with Crippen LogP contribution in [0.2, 0.25) is 0 Å². The highest BCUT2D eigenvalue weighted by Gasteiger charge is 2.39. The van der Waals surface area contributed by atoms with Crippen LogP contribution in [0.3, 0.4) is 0 Å². The minimum Gasteiger partial charge on any atom is -0.316 e. The standard InChI is InChI=1S/C17H18FN3O2S/c18-15-5-1-2-6-16(15)24(22,23)21-10-12-4-3-7-20-17(12)14-9-19-8-13(14)11-21/h1-7,13-14,19H,8-11H2/t13-,14+/m1/s1. The van der Waals surface area contributed by atoms with Crippen molar-refractivity contribution in [3.8, 4) is 0 Å². The zero-order valence-corrected chi connectivity index (χ0v) is 13.8. The molecule has 4 rings (SSSR count). The van der Waals surface area contributed by atoms with E-state index in [2.05, 4.69) is 10.3 Å². The molecule has 2 aliphatic heterocycles. The smallest absolute Gasteiger partial charge is 0.246 e. The van der Waals surface area contributed by atoms with Gasteiger partial charge in [0.25, 0.3) is 0 Å². The maximum atomic E-state index is 14.1. The number of fused-ring (bicyclic) bond motifs is 3. The minimum absolute atomic E-state index is 0.141. The molecule has 0 saturated carbocycles. The summed E-state index contributed by atoms with van der Waals surface area (Å²) < 4.78 is 41.5. The summed E-state index contributed by atoms with van der Waals surface area (Å²) in [5.41, 5.74) is 1.85. The first kappa shape index (κ1) is 15.7. The first-order valence-corrected chi connectivity index (χ1v) is 9.40. The molecule has 2 aliphatic rings. The second-order valence-corrected chi connectivity index (χ2v) is 8.21. The molecule has 2 atom stereocenters. The minimum atomic E-state index is -3.89. The highest BCUT2D eigenvalue weighted by atomic mass is 32.2. The Hall–Kier alpha value is -1.83. The third-order valence-electron chi connectivity index (χ3n) is 4.86. The average molecular weight is 347 g/mol. The summed E-state index contributed by atoms with van der Waals surface area (Å²) in [5.74, 6) is -0.376. The van der Waals surface area contributed by atoms with Crippen LogP contribution in [0.4, 0.5) is 4.39 Å². The average Bonchev–Trinajstić information content (AvgIpc) is 2.97. The van der Waals surface area contributed by atoms with Crippen LogP contribution in [0.25, 0.3) is 0 Å². The summed E-state index contributed by atoms with van der Waals surface area (Å²) in [5, 5.41) is 3.32. The molecular weight excluding hydrogens is 329 g/mol. The Balaban J connectivity index is 1.78. The molecule has 0 bridgehead atoms. The van der Waals surface area contributed by atoms with Crippen LogP contribution in [0, 0.1) is 11.7 Å². The van der Waals surface area contributed by atoms with Gasteiger partial charge in [-0.15, -0.1) is 0 Å². The summed E-state index contributed by atoms with van der Waals surface area (Å²) >= 11 is 0. The molecular formula is C17H18FN3O2S. The van der Waals surface area contributed by atoms with Gasteiger partial charge >= 0.3 is 0 Å². The van der Waals surface area contributed by atoms with E-state index in [-0.39, 0.29) is 23.3 Å². The van der Waals surface area contributed by atoms with Crippen LogP contribution in [-0.4, -0.2) is 37.3 Å². The van der Waals surface area contributed by atoms with Gasteiger partial charge in [-0.1, -0.05) is 18.2 Å². The highest BCUT2D eigenvalue weighted by Crippen LogP contribution is 2.35. The quantitative estimate of drug-likeness (QED) is 0.899. The monoisotopic (exact) mass is 347 g/mol. The Kier molecular flexibility index (Phi) is 3.86. The van der Waals surface area contributed by atoms with Gasteiger partial charge in [0, 0.05) is 37.4 Å². The lowest BCUT2D eigenvalue weighted by Gasteiger charge is -2.23. The first-order chi connectivity index (χ1) is 11.6. The van der Waals surface area contributed by atoms with E-state index in [0.29, 0.717) is 6.54 Å². The lowest BCUT2D eigenvalue weighted by Crippen LogP contribution is -2.35. The normalized spacial score (nSPS) is 24.2. The Morgan fingerprint density at radius 1 is 1.17 bits per heavy atom. The van der Waals surface area contributed by atoms with Crippen molar-refractivity contribution in [1.29, 1.82) is 0 Å². The van der Waals surface area contributed by atoms with Crippen molar-refractivity contribution in [2.45, 2.75) is 17.4 Å². The Bertz CT molecular complexity index is 872. The van der Waals surface area contributed by atoms with Gasteiger partial charge in [0.05, 0.1) is 0 Å². The van der Waals surface area contributed by atoms with Crippen molar-refractivity contribution in [3.63, 3.8) is 0 Å². The van der Waals surface area contributed by atoms with Crippen molar-refractivity contribution in [2.24, 2.45) is 5.92 Å². The highest BCUT2D eigenvalue weighted by molar-refractivity contribution is 7.89. The summed E-state index contributed by atoms with van der Waals surface area (Å²) in [7, 11) is -3.89. The van der Waals surface area contributed by atoms with Gasteiger partial charge in [-0.05, 0) is 36.2 Å². The fourth-order valence-corrected chi connectivity index (χ4v) is 5.20. The number of halogens is 1. The Morgan fingerprint density at radius 3 is 2.83 bits per heavy atom. The van der Waals surface area contributed by atoms with Crippen LogP contribution < -0.4 is 5.32 Å². The summed E-state index contributed by atoms with van der Waals surface area (Å²) in [6.07, 6.45) is 1.75. The number of pyridine rings is 1. The van der Waals surface area contributed by atoms with E-state index in [1.807, 2.05) is 12.1 Å². The van der Waals surface area contributed by atoms with Gasteiger partial charge in [0.1, 0.15) is 10.7 Å². The molecule has 24 heavy (non-hydrogen) atoms. The van der Waals surface area contributed by atoms with E-state index >= 15 is 0 Å². The summed E-state index contributed by atoms with van der Waals surface area (Å²) in [6.45, 7) is 2.13. The number of hydrogen-bond donors (Lipinski definition) is 1. The molecule has 126 valence electrons. The molecule has 1 aromatic carbocycles. The van der Waals surface area contributed by atoms with Crippen LogP contribution in [0.5, 0.6) is 0 Å². The van der Waals surface area contributed by atoms with Crippen molar-refractivity contribution < 1.29 is 12.8 Å². The third-order valence-corrected chi connectivity index (χ3v) is 6.70. The topological polar surface area (TPSA) is 62.3 Å². The third kappa shape index (κ3) is 2.53. The molecule has 0 amide bonds. The number of nitrogens with zero attached hydrogens (tertiary/aromatic N) is 2. The van der Waals surface area contributed by atoms with E-state index in [1.54, 1.807) is 12.3 Å². The van der Waals surface area contributed by atoms with E-state index in [1.165, 1.54) is 22.5 Å². The summed E-state index contributed by atoms with van der Waals surface area (Å²) in [6, 6.07) is 9.27. The lowest BCUT2D eigenvalue weighted by atomic mass is 9.91. The molecule has 1 fully saturated rings. The van der Waals surface area contributed by atoms with E-state index in [0.717, 1.165) is 24.3 Å². The van der Waals surface area contributed by atoms with Crippen LogP contribution in [0.15, 0.2) is 47.5 Å². The molecule has 0 unspecified atom stereocenters. The second-order valence-electron chi connectivity index (χ2n) is 6.30. The molecule has 3 heterocycles. The van der Waals surface area contributed by atoms with Gasteiger partial charge in [0.15, 0.2) is 0 Å². The molecule has 0 aliphatic carbocycles. The molecule has 1 aromatic heterocycles. The molecule has 7 heteroatoms. The van der Waals surface area contributed by atoms with Crippen LogP contribution in [0.1, 0.15) is 17.2 Å². The van der Waals surface area contributed by atoms with Crippen LogP contribution in [-0.2, 0) is 16.6 Å². The van der Waals surface area contributed by atoms with Gasteiger partial charge in [-0.2, -0.15) is 4.31 Å². The number of sulfonamides is 1. The molecule has 1 N–H and O–H groups in total. The van der Waals surface area contributed by atoms with Crippen molar-refractivity contribution in [3.05, 3.63) is 59.7 Å². The van der Waals surface area contributed by atoms with Crippen molar-refractivity contribution >= 4 is 10.0 Å².